The molecule has 318 valence electrons. The van der Waals surface area contributed by atoms with E-state index in [-0.39, 0.29) is 23.8 Å². The zero-order valence-electron chi connectivity index (χ0n) is 33.7. The minimum Gasteiger partial charge on any atom is -0.353 e. The lowest BCUT2D eigenvalue weighted by Gasteiger charge is -2.37. The number of sulfonamides is 1. The Balaban J connectivity index is 0.845. The fourth-order valence-electron chi connectivity index (χ4n) is 7.98. The maximum absolute atomic E-state index is 15.5. The number of likely N-dealkylation sites (tertiary alicyclic amines) is 1. The summed E-state index contributed by atoms with van der Waals surface area (Å²) in [6.07, 6.45) is 6.73. The van der Waals surface area contributed by atoms with E-state index in [1.165, 1.54) is 25.6 Å². The van der Waals surface area contributed by atoms with E-state index in [1.54, 1.807) is 23.4 Å². The number of aromatic amines is 1. The Morgan fingerprint density at radius 3 is 2.28 bits per heavy atom. The van der Waals surface area contributed by atoms with Gasteiger partial charge in [-0.1, -0.05) is 12.1 Å². The van der Waals surface area contributed by atoms with Gasteiger partial charge >= 0.3 is 6.03 Å². The van der Waals surface area contributed by atoms with Gasteiger partial charge < -0.3 is 14.8 Å². The molecule has 0 radical (unpaired) electrons. The first-order valence-electron chi connectivity index (χ1n) is 20.2. The van der Waals surface area contributed by atoms with Crippen molar-refractivity contribution >= 4 is 61.9 Å². The van der Waals surface area contributed by atoms with E-state index in [0.717, 1.165) is 49.6 Å². The first-order valence-corrected chi connectivity index (χ1v) is 21.7. The van der Waals surface area contributed by atoms with Gasteiger partial charge in [0, 0.05) is 85.5 Å². The van der Waals surface area contributed by atoms with Gasteiger partial charge in [0.15, 0.2) is 5.82 Å². The molecule has 15 nitrogen and oxygen atoms in total. The summed E-state index contributed by atoms with van der Waals surface area (Å²) >= 11 is 0. The van der Waals surface area contributed by atoms with Crippen LogP contribution in [0, 0.1) is 11.6 Å². The topological polar surface area (TPSA) is 181 Å². The zero-order chi connectivity index (χ0) is 43.0. The third-order valence-electron chi connectivity index (χ3n) is 11.7. The maximum atomic E-state index is 15.5. The molecule has 3 aliphatic rings. The fraction of sp³-hybridized carbons (Fsp3) is 0.349. The summed E-state index contributed by atoms with van der Waals surface area (Å²) in [7, 11) is -3.97. The number of piperidine rings is 1. The van der Waals surface area contributed by atoms with Gasteiger partial charge in [-0.2, -0.15) is 0 Å². The summed E-state index contributed by atoms with van der Waals surface area (Å²) in [5.41, 5.74) is 2.13. The number of benzene rings is 2. The van der Waals surface area contributed by atoms with Gasteiger partial charge in [-0.25, -0.2) is 32.0 Å². The van der Waals surface area contributed by atoms with Crippen LogP contribution in [0.5, 0.6) is 0 Å². The molecule has 18 heteroatoms. The minimum absolute atomic E-state index is 0.0400. The molecule has 61 heavy (non-hydrogen) atoms. The Kier molecular flexibility index (Phi) is 11.6. The lowest BCUT2D eigenvalue weighted by molar-refractivity contribution is -0.133. The molecule has 0 atom stereocenters. The first kappa shape index (κ1) is 41.5. The Morgan fingerprint density at radius 2 is 1.61 bits per heavy atom. The molecule has 3 fully saturated rings. The van der Waals surface area contributed by atoms with Gasteiger partial charge in [0.2, 0.25) is 27.6 Å². The summed E-state index contributed by atoms with van der Waals surface area (Å²) in [6.45, 7) is 7.51. The predicted octanol–water partition coefficient (Wildman–Crippen LogP) is 5.26. The van der Waals surface area contributed by atoms with Crippen LogP contribution in [0.2, 0.25) is 0 Å². The normalized spacial score (nSPS) is 17.0. The maximum Gasteiger partial charge on any atom is 0.328 e. The number of piperazine rings is 1. The molecule has 3 saturated heterocycles. The van der Waals surface area contributed by atoms with Crippen LogP contribution in [0.1, 0.15) is 60.5 Å². The second-order valence-electron chi connectivity index (χ2n) is 15.8. The minimum atomic E-state index is -3.97. The van der Waals surface area contributed by atoms with Crippen LogP contribution in [0.4, 0.5) is 30.8 Å². The monoisotopic (exact) mass is 853 g/mol. The summed E-state index contributed by atoms with van der Waals surface area (Å²) in [4.78, 5) is 70.4. The number of ketones is 1. The smallest absolute Gasteiger partial charge is 0.328 e. The number of imide groups is 1. The van der Waals surface area contributed by atoms with Crippen molar-refractivity contribution in [2.24, 2.45) is 0 Å². The molecule has 5 aromatic rings. The summed E-state index contributed by atoms with van der Waals surface area (Å²) in [5.74, 6) is -2.48. The number of carbonyl (C=O) groups excluding carboxylic acids is 4. The van der Waals surface area contributed by atoms with Gasteiger partial charge in [-0.15, -0.1) is 0 Å². The van der Waals surface area contributed by atoms with Crippen molar-refractivity contribution in [3.05, 3.63) is 102 Å². The number of aromatic nitrogens is 3. The van der Waals surface area contributed by atoms with Crippen LogP contribution in [-0.2, 0) is 19.6 Å². The quantitative estimate of drug-likeness (QED) is 0.148. The third-order valence-corrected chi connectivity index (χ3v) is 13.4. The summed E-state index contributed by atoms with van der Waals surface area (Å²) in [6, 6.07) is 14.8. The number of rotatable bonds is 11. The van der Waals surface area contributed by atoms with E-state index in [0.29, 0.717) is 67.3 Å². The number of halogens is 2. The average Bonchev–Trinajstić information content (AvgIpc) is 3.69. The van der Waals surface area contributed by atoms with Crippen molar-refractivity contribution in [1.29, 1.82) is 0 Å². The average molecular weight is 854 g/mol. The number of amides is 4. The number of H-pyrrole nitrogens is 1. The number of carbonyl (C=O) groups is 4. The van der Waals surface area contributed by atoms with Gasteiger partial charge in [-0.05, 0) is 93.7 Å². The van der Waals surface area contributed by atoms with Gasteiger partial charge in [-0.3, -0.25) is 34.2 Å². The van der Waals surface area contributed by atoms with E-state index >= 15 is 4.39 Å². The van der Waals surface area contributed by atoms with Crippen molar-refractivity contribution in [2.45, 2.75) is 44.3 Å². The van der Waals surface area contributed by atoms with Crippen LogP contribution in [-0.4, -0.2) is 114 Å². The lowest BCUT2D eigenvalue weighted by Crippen LogP contribution is -2.52. The molecule has 0 spiro atoms. The molecule has 6 heterocycles. The molecule has 0 bridgehead atoms. The molecular formula is C43H45F2N9O6S. The SMILES string of the molecule is CC(C)S(=O)(=O)Nc1ccc(F)c(C(=O)c2c[nH]c3ncc(-c4ccc(N5CCN(C(=O)CN6CCC(c7ccc(N8CCC(=O)NC8=O)cc7)CC6)CC5)nc4)cc23)c1F. The van der Waals surface area contributed by atoms with Crippen LogP contribution in [0.15, 0.2) is 73.2 Å². The molecule has 8 rings (SSSR count). The highest BCUT2D eigenvalue weighted by Crippen LogP contribution is 2.32. The Bertz CT molecular complexity index is 2610. The van der Waals surface area contributed by atoms with E-state index in [1.807, 2.05) is 29.2 Å². The Labute approximate surface area is 351 Å². The highest BCUT2D eigenvalue weighted by Gasteiger charge is 2.30. The number of nitrogens with one attached hydrogen (secondary N) is 3. The number of fused-ring (bicyclic) bond motifs is 1. The number of hydrogen-bond acceptors (Lipinski definition) is 10. The molecule has 0 aliphatic carbocycles. The van der Waals surface area contributed by atoms with Crippen LogP contribution in [0.25, 0.3) is 22.2 Å². The fourth-order valence-corrected chi connectivity index (χ4v) is 8.68. The van der Waals surface area contributed by atoms with Crippen molar-refractivity contribution in [3.63, 3.8) is 0 Å². The molecule has 3 N–H and O–H groups in total. The van der Waals surface area contributed by atoms with Crippen LogP contribution >= 0.6 is 0 Å². The zero-order valence-corrected chi connectivity index (χ0v) is 34.5. The summed E-state index contributed by atoms with van der Waals surface area (Å²) in [5, 5.41) is 1.79. The van der Waals surface area contributed by atoms with Crippen molar-refractivity contribution in [2.75, 3.05) is 66.9 Å². The number of pyridine rings is 2. The number of nitrogens with zero attached hydrogens (tertiary/aromatic N) is 6. The van der Waals surface area contributed by atoms with Crippen molar-refractivity contribution in [3.8, 4) is 11.1 Å². The van der Waals surface area contributed by atoms with E-state index in [4.69, 9.17) is 0 Å². The van der Waals surface area contributed by atoms with Crippen LogP contribution < -0.4 is 19.8 Å². The van der Waals surface area contributed by atoms with Gasteiger partial charge in [0.25, 0.3) is 0 Å². The molecule has 2 aromatic carbocycles. The number of urea groups is 1. The van der Waals surface area contributed by atoms with Crippen molar-refractivity contribution < 1.29 is 36.4 Å². The predicted molar refractivity (Wildman–Crippen MR) is 226 cm³/mol. The van der Waals surface area contributed by atoms with Crippen molar-refractivity contribution in [1.82, 2.24) is 30.1 Å². The van der Waals surface area contributed by atoms with E-state index < -0.39 is 50.0 Å². The Hall–Kier alpha value is -6.27. The molecule has 3 aromatic heterocycles. The second-order valence-corrected chi connectivity index (χ2v) is 18.0. The summed E-state index contributed by atoms with van der Waals surface area (Å²) < 4.78 is 57.4. The van der Waals surface area contributed by atoms with E-state index in [9.17, 15) is 32.0 Å². The lowest BCUT2D eigenvalue weighted by atomic mass is 9.89. The molecule has 0 unspecified atom stereocenters. The molecule has 0 saturated carbocycles. The molecule has 4 amide bonds. The largest absolute Gasteiger partial charge is 0.353 e. The first-order chi connectivity index (χ1) is 29.3. The third kappa shape index (κ3) is 8.68. The highest BCUT2D eigenvalue weighted by molar-refractivity contribution is 7.93. The number of anilines is 3. The van der Waals surface area contributed by atoms with Gasteiger partial charge in [0.05, 0.1) is 23.0 Å². The Morgan fingerprint density at radius 1 is 0.885 bits per heavy atom. The standard InChI is InChI=1S/C43H45F2N9O6S/c1-26(2)61(59,60)50-35-9-8-34(44)39(40(35)45)41(57)33-24-48-42-32(33)21-30(23-47-42)29-5-10-36(46-22-29)52-17-19-53(20-18-52)38(56)25-51-14-11-28(12-15-51)27-3-6-31(7-4-27)54-16-13-37(55)49-43(54)58/h3-10,21-24,26,28,50H,11-20,25H2,1-2H3,(H,47,48)(H,49,55,58). The highest BCUT2D eigenvalue weighted by atomic mass is 32.2. The molecule has 3 aliphatic heterocycles. The second kappa shape index (κ2) is 17.0. The van der Waals surface area contributed by atoms with Crippen LogP contribution in [0.3, 0.4) is 0 Å². The van der Waals surface area contributed by atoms with E-state index in [2.05, 4.69) is 46.9 Å². The molecular weight excluding hydrogens is 809 g/mol. The number of hydrogen-bond donors (Lipinski definition) is 3. The van der Waals surface area contributed by atoms with Gasteiger partial charge in [0.1, 0.15) is 17.3 Å².